The van der Waals surface area contributed by atoms with Gasteiger partial charge >= 0.3 is 0 Å². The standard InChI is InChI=1S/C13H13ClN2O/c1-15-13-8-7-11(14)12(16-13)9-17-10-5-3-2-4-6-10/h2-8H,9H2,1H3,(H,15,16). The Balaban J connectivity index is 2.08. The van der Waals surface area contributed by atoms with Crippen LogP contribution >= 0.6 is 11.6 Å². The number of aromatic nitrogens is 1. The summed E-state index contributed by atoms with van der Waals surface area (Å²) in [5.74, 6) is 1.58. The lowest BCUT2D eigenvalue weighted by molar-refractivity contribution is 0.301. The SMILES string of the molecule is CNc1ccc(Cl)c(COc2ccccc2)n1. The van der Waals surface area contributed by atoms with Crippen LogP contribution in [0.4, 0.5) is 5.82 Å². The van der Waals surface area contributed by atoms with Crippen LogP contribution < -0.4 is 10.1 Å². The minimum Gasteiger partial charge on any atom is -0.487 e. The van der Waals surface area contributed by atoms with Crippen LogP contribution in [-0.4, -0.2) is 12.0 Å². The Hall–Kier alpha value is -1.74. The fourth-order valence-corrected chi connectivity index (χ4v) is 1.55. The van der Waals surface area contributed by atoms with Crippen molar-refractivity contribution in [3.05, 3.63) is 53.2 Å². The van der Waals surface area contributed by atoms with Gasteiger partial charge in [-0.1, -0.05) is 29.8 Å². The van der Waals surface area contributed by atoms with Crippen LogP contribution in [0.15, 0.2) is 42.5 Å². The summed E-state index contributed by atoms with van der Waals surface area (Å²) in [4.78, 5) is 4.34. The number of para-hydroxylation sites is 1. The average Bonchev–Trinajstić information content (AvgIpc) is 2.39. The molecule has 0 aliphatic heterocycles. The second-order valence-corrected chi connectivity index (χ2v) is 3.88. The van der Waals surface area contributed by atoms with Crippen molar-refractivity contribution in [1.82, 2.24) is 4.98 Å². The Morgan fingerprint density at radius 3 is 2.65 bits per heavy atom. The molecule has 0 unspecified atom stereocenters. The zero-order valence-electron chi connectivity index (χ0n) is 9.48. The Morgan fingerprint density at radius 1 is 1.18 bits per heavy atom. The number of ether oxygens (including phenoxy) is 1. The Labute approximate surface area is 105 Å². The zero-order chi connectivity index (χ0) is 12.1. The maximum absolute atomic E-state index is 6.05. The van der Waals surface area contributed by atoms with Gasteiger partial charge in [0.15, 0.2) is 0 Å². The van der Waals surface area contributed by atoms with Gasteiger partial charge in [0.1, 0.15) is 18.2 Å². The molecule has 1 aromatic heterocycles. The van der Waals surface area contributed by atoms with E-state index in [0.717, 1.165) is 17.3 Å². The molecule has 88 valence electrons. The third-order valence-electron chi connectivity index (χ3n) is 2.29. The van der Waals surface area contributed by atoms with E-state index in [1.807, 2.05) is 49.5 Å². The summed E-state index contributed by atoms with van der Waals surface area (Å²) in [6.45, 7) is 0.359. The van der Waals surface area contributed by atoms with Gasteiger partial charge in [-0.25, -0.2) is 4.98 Å². The van der Waals surface area contributed by atoms with Gasteiger partial charge in [0, 0.05) is 7.05 Å². The summed E-state index contributed by atoms with van der Waals surface area (Å²) in [6.07, 6.45) is 0. The number of benzene rings is 1. The highest BCUT2D eigenvalue weighted by Crippen LogP contribution is 2.18. The first kappa shape index (κ1) is 11.7. The van der Waals surface area contributed by atoms with Crippen molar-refractivity contribution in [1.29, 1.82) is 0 Å². The van der Waals surface area contributed by atoms with E-state index in [9.17, 15) is 0 Å². The molecular weight excluding hydrogens is 236 g/mol. The van der Waals surface area contributed by atoms with Gasteiger partial charge in [0.2, 0.25) is 0 Å². The van der Waals surface area contributed by atoms with Crippen molar-refractivity contribution < 1.29 is 4.74 Å². The maximum Gasteiger partial charge on any atom is 0.132 e. The lowest BCUT2D eigenvalue weighted by atomic mass is 10.3. The van der Waals surface area contributed by atoms with Gasteiger partial charge < -0.3 is 10.1 Å². The first-order valence-electron chi connectivity index (χ1n) is 5.30. The van der Waals surface area contributed by atoms with Gasteiger partial charge in [-0.2, -0.15) is 0 Å². The normalized spacial score (nSPS) is 10.0. The average molecular weight is 249 g/mol. The molecule has 1 heterocycles. The van der Waals surface area contributed by atoms with Crippen molar-refractivity contribution in [3.8, 4) is 5.75 Å². The number of halogens is 1. The fraction of sp³-hybridized carbons (Fsp3) is 0.154. The number of rotatable bonds is 4. The van der Waals surface area contributed by atoms with E-state index in [4.69, 9.17) is 16.3 Å². The molecule has 0 saturated carbocycles. The van der Waals surface area contributed by atoms with E-state index in [1.54, 1.807) is 0 Å². The highest BCUT2D eigenvalue weighted by Gasteiger charge is 2.04. The number of hydrogen-bond donors (Lipinski definition) is 1. The summed E-state index contributed by atoms with van der Waals surface area (Å²) in [5, 5.41) is 3.58. The largest absolute Gasteiger partial charge is 0.487 e. The highest BCUT2D eigenvalue weighted by molar-refractivity contribution is 6.31. The minimum atomic E-state index is 0.359. The van der Waals surface area contributed by atoms with Gasteiger partial charge in [-0.15, -0.1) is 0 Å². The van der Waals surface area contributed by atoms with Crippen molar-refractivity contribution in [3.63, 3.8) is 0 Å². The van der Waals surface area contributed by atoms with Crippen LogP contribution in [0.1, 0.15) is 5.69 Å². The molecule has 0 atom stereocenters. The zero-order valence-corrected chi connectivity index (χ0v) is 10.2. The Morgan fingerprint density at radius 2 is 1.94 bits per heavy atom. The van der Waals surface area contributed by atoms with Crippen LogP contribution in [0.25, 0.3) is 0 Å². The summed E-state index contributed by atoms with van der Waals surface area (Å²) in [7, 11) is 1.82. The predicted octanol–water partition coefficient (Wildman–Crippen LogP) is 3.36. The highest BCUT2D eigenvalue weighted by atomic mass is 35.5. The van der Waals surface area contributed by atoms with E-state index in [-0.39, 0.29) is 0 Å². The molecule has 17 heavy (non-hydrogen) atoms. The summed E-state index contributed by atoms with van der Waals surface area (Å²) >= 11 is 6.05. The van der Waals surface area contributed by atoms with Crippen LogP contribution in [0.3, 0.4) is 0 Å². The molecule has 0 aliphatic rings. The van der Waals surface area contributed by atoms with Gasteiger partial charge in [0.25, 0.3) is 0 Å². The third kappa shape index (κ3) is 3.11. The molecule has 2 aromatic rings. The molecule has 2 rings (SSSR count). The molecule has 0 fully saturated rings. The molecule has 0 aliphatic carbocycles. The molecule has 0 radical (unpaired) electrons. The van der Waals surface area contributed by atoms with Crippen molar-refractivity contribution in [2.45, 2.75) is 6.61 Å². The predicted molar refractivity (Wildman–Crippen MR) is 69.6 cm³/mol. The van der Waals surface area contributed by atoms with E-state index in [0.29, 0.717) is 11.6 Å². The van der Waals surface area contributed by atoms with Crippen LogP contribution in [0.5, 0.6) is 5.75 Å². The van der Waals surface area contributed by atoms with E-state index >= 15 is 0 Å². The first-order valence-corrected chi connectivity index (χ1v) is 5.68. The molecule has 0 bridgehead atoms. The van der Waals surface area contributed by atoms with Crippen LogP contribution in [-0.2, 0) is 6.61 Å². The molecule has 4 heteroatoms. The maximum atomic E-state index is 6.05. The number of hydrogen-bond acceptors (Lipinski definition) is 3. The monoisotopic (exact) mass is 248 g/mol. The van der Waals surface area contributed by atoms with E-state index in [1.165, 1.54) is 0 Å². The lowest BCUT2D eigenvalue weighted by Crippen LogP contribution is -2.02. The van der Waals surface area contributed by atoms with Crippen molar-refractivity contribution >= 4 is 17.4 Å². The molecule has 3 nitrogen and oxygen atoms in total. The van der Waals surface area contributed by atoms with Gasteiger partial charge in [-0.3, -0.25) is 0 Å². The number of pyridine rings is 1. The molecule has 0 saturated heterocycles. The molecule has 1 aromatic carbocycles. The minimum absolute atomic E-state index is 0.359. The van der Waals surface area contributed by atoms with Crippen LogP contribution in [0, 0.1) is 0 Å². The summed E-state index contributed by atoms with van der Waals surface area (Å²) < 4.78 is 5.60. The van der Waals surface area contributed by atoms with Crippen molar-refractivity contribution in [2.75, 3.05) is 12.4 Å². The Bertz CT molecular complexity index is 488. The fourth-order valence-electron chi connectivity index (χ4n) is 1.39. The smallest absolute Gasteiger partial charge is 0.132 e. The second-order valence-electron chi connectivity index (χ2n) is 3.48. The number of nitrogens with zero attached hydrogens (tertiary/aromatic N) is 1. The Kier molecular flexibility index (Phi) is 3.83. The summed E-state index contributed by atoms with van der Waals surface area (Å²) in [5.41, 5.74) is 0.724. The third-order valence-corrected chi connectivity index (χ3v) is 2.64. The van der Waals surface area contributed by atoms with Gasteiger partial charge in [0.05, 0.1) is 10.7 Å². The van der Waals surface area contributed by atoms with E-state index < -0.39 is 0 Å². The van der Waals surface area contributed by atoms with Crippen LogP contribution in [0.2, 0.25) is 5.02 Å². The molecule has 1 N–H and O–H groups in total. The first-order chi connectivity index (χ1) is 8.29. The molecule has 0 amide bonds. The van der Waals surface area contributed by atoms with Crippen molar-refractivity contribution in [2.24, 2.45) is 0 Å². The quantitative estimate of drug-likeness (QED) is 0.901. The number of anilines is 1. The van der Waals surface area contributed by atoms with E-state index in [2.05, 4.69) is 10.3 Å². The summed E-state index contributed by atoms with van der Waals surface area (Å²) in [6, 6.07) is 13.2. The molecule has 0 spiro atoms. The lowest BCUT2D eigenvalue weighted by Gasteiger charge is -2.08. The second kappa shape index (κ2) is 5.55. The number of nitrogens with one attached hydrogen (secondary N) is 1. The van der Waals surface area contributed by atoms with Gasteiger partial charge in [-0.05, 0) is 24.3 Å². The molecular formula is C13H13ClN2O. The topological polar surface area (TPSA) is 34.1 Å².